The van der Waals surface area contributed by atoms with Crippen LogP contribution in [0, 0.1) is 0 Å². The van der Waals surface area contributed by atoms with Crippen molar-refractivity contribution in [3.05, 3.63) is 187 Å². The fourth-order valence-corrected chi connectivity index (χ4v) is 9.39. The summed E-state index contributed by atoms with van der Waals surface area (Å²) in [5, 5.41) is 13.1. The van der Waals surface area contributed by atoms with Crippen LogP contribution in [0.25, 0.3) is 75.9 Å². The lowest BCUT2D eigenvalue weighted by molar-refractivity contribution is 1.05. The van der Waals surface area contributed by atoms with E-state index in [0.29, 0.717) is 0 Å². The Labute approximate surface area is 275 Å². The normalized spacial score (nSPS) is 13.9. The number of benzene rings is 8. The average molecular weight is 613 g/mol. The van der Waals surface area contributed by atoms with Gasteiger partial charge in [0.25, 0.3) is 0 Å². The second-order valence-corrected chi connectivity index (χ2v) is 13.8. The average Bonchev–Trinajstić information content (AvgIpc) is 3.48. The van der Waals surface area contributed by atoms with E-state index < -0.39 is 0 Å². The molecule has 0 aliphatic heterocycles. The van der Waals surface area contributed by atoms with Crippen molar-refractivity contribution < 1.29 is 0 Å². The van der Waals surface area contributed by atoms with Crippen LogP contribution in [0.1, 0.15) is 22.6 Å². The molecular formula is C46H29P. The third kappa shape index (κ3) is 4.12. The minimum atomic E-state index is 0.105. The number of hydrogen-bond acceptors (Lipinski definition) is 0. The predicted molar refractivity (Wildman–Crippen MR) is 203 cm³/mol. The molecule has 0 N–H and O–H groups in total. The zero-order valence-electron chi connectivity index (χ0n) is 25.7. The Bertz CT molecular complexity index is 2690. The predicted octanol–water partition coefficient (Wildman–Crippen LogP) is 13.4. The summed E-state index contributed by atoms with van der Waals surface area (Å²) in [6, 6.07) is 63.3. The van der Waals surface area contributed by atoms with Crippen LogP contribution >= 0.6 is 8.19 Å². The maximum Gasteiger partial charge on any atom is 0.0374 e. The topological polar surface area (TPSA) is 0 Å². The van der Waals surface area contributed by atoms with Crippen LogP contribution in [0.2, 0.25) is 0 Å². The van der Waals surface area contributed by atoms with Gasteiger partial charge >= 0.3 is 0 Å². The Morgan fingerprint density at radius 3 is 1.77 bits per heavy atom. The minimum absolute atomic E-state index is 0.105. The third-order valence-electron chi connectivity index (χ3n) is 10.1. The first-order valence-electron chi connectivity index (χ1n) is 16.3. The lowest BCUT2D eigenvalue weighted by Gasteiger charge is -2.22. The van der Waals surface area contributed by atoms with E-state index in [-0.39, 0.29) is 5.92 Å². The molecule has 0 amide bonds. The van der Waals surface area contributed by atoms with Gasteiger partial charge in [-0.15, -0.1) is 0 Å². The summed E-state index contributed by atoms with van der Waals surface area (Å²) in [7, 11) is 1.25. The molecule has 8 aromatic carbocycles. The molecule has 0 nitrogen and oxygen atoms in total. The van der Waals surface area contributed by atoms with E-state index in [1.807, 2.05) is 0 Å². The monoisotopic (exact) mass is 612 g/mol. The Balaban J connectivity index is 1.36. The van der Waals surface area contributed by atoms with E-state index in [4.69, 9.17) is 0 Å². The van der Waals surface area contributed by atoms with E-state index in [1.165, 1.54) is 101 Å². The number of hydrogen-bond donors (Lipinski definition) is 0. The Morgan fingerprint density at radius 1 is 0.362 bits per heavy atom. The van der Waals surface area contributed by atoms with Crippen molar-refractivity contribution in [1.82, 2.24) is 0 Å². The summed E-state index contributed by atoms with van der Waals surface area (Å²) in [4.78, 5) is 0. The second-order valence-electron chi connectivity index (χ2n) is 12.7. The highest BCUT2D eigenvalue weighted by Gasteiger charge is 2.36. The van der Waals surface area contributed by atoms with E-state index in [0.717, 1.165) is 0 Å². The van der Waals surface area contributed by atoms with Gasteiger partial charge in [0.05, 0.1) is 0 Å². The van der Waals surface area contributed by atoms with E-state index in [1.54, 1.807) is 0 Å². The molecule has 10 rings (SSSR count). The fourth-order valence-electron chi connectivity index (χ4n) is 8.00. The van der Waals surface area contributed by atoms with Crippen molar-refractivity contribution in [3.63, 3.8) is 0 Å². The number of fused-ring (bicyclic) bond motifs is 8. The molecule has 0 radical (unpaired) electrons. The van der Waals surface area contributed by atoms with E-state index in [2.05, 4.69) is 170 Å². The summed E-state index contributed by atoms with van der Waals surface area (Å²) in [6.45, 7) is 0. The number of rotatable bonds is 3. The molecule has 0 bridgehead atoms. The molecule has 0 saturated heterocycles. The molecule has 1 heterocycles. The summed E-state index contributed by atoms with van der Waals surface area (Å²) in [6.07, 6.45) is 0. The van der Waals surface area contributed by atoms with Gasteiger partial charge in [0.15, 0.2) is 0 Å². The molecule has 1 heteroatoms. The molecule has 0 saturated carbocycles. The molecular weight excluding hydrogens is 583 g/mol. The highest BCUT2D eigenvalue weighted by Crippen LogP contribution is 2.59. The van der Waals surface area contributed by atoms with Crippen LogP contribution in [0.15, 0.2) is 170 Å². The molecule has 1 unspecified atom stereocenters. The molecule has 9 aromatic rings. The molecule has 1 aliphatic rings. The zero-order chi connectivity index (χ0) is 30.9. The summed E-state index contributed by atoms with van der Waals surface area (Å²) in [5.41, 5.74) is 9.54. The van der Waals surface area contributed by atoms with Gasteiger partial charge in [-0.3, -0.25) is 0 Å². The first kappa shape index (κ1) is 26.6. The molecule has 0 fully saturated rings. The Morgan fingerprint density at radius 2 is 0.957 bits per heavy atom. The van der Waals surface area contributed by atoms with Crippen LogP contribution < -0.4 is 0 Å². The van der Waals surface area contributed by atoms with Crippen LogP contribution in [0.5, 0.6) is 0 Å². The lowest BCUT2D eigenvalue weighted by Crippen LogP contribution is -2.03. The highest BCUT2D eigenvalue weighted by molar-refractivity contribution is 7.37. The fraction of sp³-hybridized carbons (Fsp3) is 0.0217. The summed E-state index contributed by atoms with van der Waals surface area (Å²) >= 11 is 0. The van der Waals surface area contributed by atoms with Crippen molar-refractivity contribution in [2.75, 3.05) is 0 Å². The van der Waals surface area contributed by atoms with Gasteiger partial charge in [-0.2, -0.15) is 0 Å². The van der Waals surface area contributed by atoms with Gasteiger partial charge in [0, 0.05) is 16.5 Å². The van der Waals surface area contributed by atoms with Crippen molar-refractivity contribution in [2.24, 2.45) is 0 Å². The van der Waals surface area contributed by atoms with Gasteiger partial charge in [-0.05, 0) is 94.2 Å². The van der Waals surface area contributed by atoms with Gasteiger partial charge in [0.1, 0.15) is 0 Å². The second kappa shape index (κ2) is 10.5. The zero-order valence-corrected chi connectivity index (χ0v) is 26.6. The van der Waals surface area contributed by atoms with Gasteiger partial charge in [-0.1, -0.05) is 166 Å². The van der Waals surface area contributed by atoms with Crippen LogP contribution in [0.3, 0.4) is 0 Å². The van der Waals surface area contributed by atoms with Crippen LogP contribution in [0.4, 0.5) is 0 Å². The Hall–Kier alpha value is -5.55. The van der Waals surface area contributed by atoms with Crippen molar-refractivity contribution in [3.8, 4) is 32.8 Å². The molecule has 1 atom stereocenters. The van der Waals surface area contributed by atoms with E-state index >= 15 is 0 Å². The summed E-state index contributed by atoms with van der Waals surface area (Å²) in [5.74, 6) is 0.105. The largest absolute Gasteiger partial charge is 0.0616 e. The van der Waals surface area contributed by atoms with Gasteiger partial charge < -0.3 is 0 Å². The van der Waals surface area contributed by atoms with Gasteiger partial charge in [-0.25, -0.2) is 0 Å². The highest BCUT2D eigenvalue weighted by atomic mass is 31.0. The maximum absolute atomic E-state index is 2.51. The van der Waals surface area contributed by atoms with Crippen molar-refractivity contribution >= 4 is 51.3 Å². The lowest BCUT2D eigenvalue weighted by atomic mass is 9.81. The van der Waals surface area contributed by atoms with Gasteiger partial charge in [0.2, 0.25) is 0 Å². The minimum Gasteiger partial charge on any atom is -0.0616 e. The molecule has 1 aromatic heterocycles. The van der Waals surface area contributed by atoms with Crippen molar-refractivity contribution in [2.45, 2.75) is 5.92 Å². The first-order valence-corrected chi connectivity index (χ1v) is 17.2. The smallest absolute Gasteiger partial charge is 0.0374 e. The van der Waals surface area contributed by atoms with Crippen molar-refractivity contribution in [1.29, 1.82) is 0 Å². The van der Waals surface area contributed by atoms with E-state index in [9.17, 15) is 0 Å². The standard InChI is InChI=1S/C46H29P/c1-2-15-33-27-34(24-23-29(33)11-1)42-28-41(38-21-9-16-30-12-3-6-18-35(30)38)45-44(39-22-10-17-31-13-4-7-19-36(31)39)43-37-20-8-5-14-32(37)25-26-40(43)46(45)47-42/h1-28,44H. The molecule has 1 aliphatic carbocycles. The third-order valence-corrected chi connectivity index (χ3v) is 11.5. The van der Waals surface area contributed by atoms with Crippen LogP contribution in [-0.2, 0) is 0 Å². The quantitative estimate of drug-likeness (QED) is 0.186. The maximum atomic E-state index is 2.51. The SMILES string of the molecule is c1ccc2cc(-c3cc(-c4cccc5ccccc45)c4c(p3)-c3ccc5ccccc5c3C4c3cccc4ccccc34)ccc2c1. The Kier molecular flexibility index (Phi) is 5.95. The molecule has 0 spiro atoms. The summed E-state index contributed by atoms with van der Waals surface area (Å²) < 4.78 is 0. The molecule has 47 heavy (non-hydrogen) atoms. The van der Waals surface area contributed by atoms with Crippen LogP contribution in [-0.4, -0.2) is 0 Å². The first-order chi connectivity index (χ1) is 23.3. The molecule has 218 valence electrons.